The minimum absolute atomic E-state index is 0.0620. The summed E-state index contributed by atoms with van der Waals surface area (Å²) >= 11 is 18.9. The van der Waals surface area contributed by atoms with Crippen molar-refractivity contribution in [1.82, 2.24) is 29.5 Å². The van der Waals surface area contributed by atoms with Gasteiger partial charge >= 0.3 is 0 Å². The number of hydrogen-bond donors (Lipinski definition) is 2. The lowest BCUT2D eigenvalue weighted by Gasteiger charge is -2.23. The van der Waals surface area contributed by atoms with Crippen LogP contribution in [0.5, 0.6) is 0 Å². The number of benzene rings is 2. The van der Waals surface area contributed by atoms with Gasteiger partial charge in [-0.05, 0) is 30.7 Å². The van der Waals surface area contributed by atoms with E-state index in [4.69, 9.17) is 39.8 Å². The van der Waals surface area contributed by atoms with Crippen LogP contribution in [0.15, 0.2) is 47.8 Å². The molecule has 5 rings (SSSR count). The summed E-state index contributed by atoms with van der Waals surface area (Å²) in [7, 11) is 0. The van der Waals surface area contributed by atoms with E-state index in [1.165, 1.54) is 29.4 Å². The van der Waals surface area contributed by atoms with Gasteiger partial charge in [0.25, 0.3) is 5.56 Å². The van der Waals surface area contributed by atoms with Crippen LogP contribution < -0.4 is 10.9 Å². The fourth-order valence-corrected chi connectivity index (χ4v) is 4.36. The van der Waals surface area contributed by atoms with Crippen molar-refractivity contribution in [1.29, 1.82) is 0 Å². The largest absolute Gasteiger partial charge is 0.358 e. The summed E-state index contributed by atoms with van der Waals surface area (Å²) in [6.07, 6.45) is 3.41. The Kier molecular flexibility index (Phi) is 5.85. The number of rotatable bonds is 5. The molecule has 0 spiro atoms. The molecule has 172 valence electrons. The minimum atomic E-state index is -0.725. The third-order valence-corrected chi connectivity index (χ3v) is 6.55. The van der Waals surface area contributed by atoms with E-state index in [1.54, 1.807) is 18.2 Å². The maximum absolute atomic E-state index is 14.2. The number of aromatic nitrogens is 6. The smallest absolute Gasteiger partial charge is 0.267 e. The molecule has 0 amide bonds. The number of nitrogens with zero attached hydrogens (tertiary/aromatic N) is 5. The molecule has 8 nitrogen and oxygen atoms in total. The number of fused-ring (bicyclic) bond motifs is 2. The number of anilines is 1. The van der Waals surface area contributed by atoms with Crippen LogP contribution in [0.25, 0.3) is 27.8 Å². The third kappa shape index (κ3) is 3.66. The molecular formula is C22H15Cl3FN7O. The van der Waals surface area contributed by atoms with E-state index >= 15 is 0 Å². The van der Waals surface area contributed by atoms with Gasteiger partial charge in [0.15, 0.2) is 11.5 Å². The molecule has 0 saturated carbocycles. The molecule has 12 heteroatoms. The van der Waals surface area contributed by atoms with Gasteiger partial charge in [0.2, 0.25) is 0 Å². The van der Waals surface area contributed by atoms with Crippen molar-refractivity contribution in [3.8, 4) is 5.69 Å². The molecule has 3 aromatic heterocycles. The summed E-state index contributed by atoms with van der Waals surface area (Å²) in [6.45, 7) is 1.92. The molecule has 0 unspecified atom stereocenters. The number of hydrogen-bond acceptors (Lipinski definition) is 6. The summed E-state index contributed by atoms with van der Waals surface area (Å²) in [6, 6.07) is 6.94. The quantitative estimate of drug-likeness (QED) is 0.309. The van der Waals surface area contributed by atoms with E-state index in [0.29, 0.717) is 29.2 Å². The standard InChI is InChI=1S/C22H15Cl3FN7O/c1-2-12(31-20-18-19(28-8-27-18)29-9-30-20)21-32-13-7-6-11(26)17(25)15(13)22(34)33(21)14-5-3-4-10(23)16(14)24/h3-9,12H,2H2,1H3,(H2,27,28,29,30,31)/t12-/m1/s1. The molecule has 1 atom stereocenters. The Balaban J connectivity index is 1.79. The molecule has 34 heavy (non-hydrogen) atoms. The van der Waals surface area contributed by atoms with Gasteiger partial charge in [-0.15, -0.1) is 0 Å². The van der Waals surface area contributed by atoms with Gasteiger partial charge in [-0.3, -0.25) is 9.36 Å². The van der Waals surface area contributed by atoms with Crippen LogP contribution in [-0.2, 0) is 0 Å². The second-order valence-corrected chi connectivity index (χ2v) is 8.53. The van der Waals surface area contributed by atoms with E-state index in [1.807, 2.05) is 6.92 Å². The fourth-order valence-electron chi connectivity index (χ4n) is 3.74. The van der Waals surface area contributed by atoms with Gasteiger partial charge in [0.1, 0.15) is 23.5 Å². The van der Waals surface area contributed by atoms with Crippen molar-refractivity contribution in [2.24, 2.45) is 0 Å². The van der Waals surface area contributed by atoms with Crippen LogP contribution in [-0.4, -0.2) is 29.5 Å². The monoisotopic (exact) mass is 517 g/mol. The Bertz CT molecular complexity index is 1620. The van der Waals surface area contributed by atoms with E-state index < -0.39 is 17.4 Å². The van der Waals surface area contributed by atoms with Crippen LogP contribution >= 0.6 is 34.8 Å². The minimum Gasteiger partial charge on any atom is -0.358 e. The number of H-pyrrole nitrogens is 1. The number of nitrogens with one attached hydrogen (secondary N) is 2. The third-order valence-electron chi connectivity index (χ3n) is 5.37. The zero-order valence-electron chi connectivity index (χ0n) is 17.5. The highest BCUT2D eigenvalue weighted by Crippen LogP contribution is 2.33. The van der Waals surface area contributed by atoms with Crippen molar-refractivity contribution in [3.63, 3.8) is 0 Å². The average molecular weight is 519 g/mol. The van der Waals surface area contributed by atoms with E-state index in [0.717, 1.165) is 0 Å². The molecule has 0 aliphatic carbocycles. The predicted octanol–water partition coefficient (Wildman–Crippen LogP) is 5.71. The van der Waals surface area contributed by atoms with Crippen LogP contribution in [0.2, 0.25) is 15.1 Å². The first-order valence-corrected chi connectivity index (χ1v) is 11.3. The van der Waals surface area contributed by atoms with Gasteiger partial charge in [0.05, 0.1) is 44.0 Å². The average Bonchev–Trinajstić information content (AvgIpc) is 3.31. The lowest BCUT2D eigenvalue weighted by atomic mass is 10.1. The zero-order valence-corrected chi connectivity index (χ0v) is 19.7. The SMILES string of the molecule is CC[C@@H](Nc1ncnc2[nH]cnc12)c1nc2ccc(F)c(Cl)c2c(=O)n1-c1cccc(Cl)c1Cl. The lowest BCUT2D eigenvalue weighted by molar-refractivity contribution is 0.628. The van der Waals surface area contributed by atoms with Gasteiger partial charge in [-0.25, -0.2) is 24.3 Å². The van der Waals surface area contributed by atoms with E-state index in [2.05, 4.69) is 25.3 Å². The Labute approximate surface area is 206 Å². The van der Waals surface area contributed by atoms with Crippen LogP contribution in [0, 0.1) is 5.82 Å². The van der Waals surface area contributed by atoms with Crippen LogP contribution in [0.1, 0.15) is 25.2 Å². The Morgan fingerprint density at radius 1 is 1.12 bits per heavy atom. The molecule has 0 saturated heterocycles. The van der Waals surface area contributed by atoms with Gasteiger partial charge < -0.3 is 10.3 Å². The Morgan fingerprint density at radius 2 is 1.94 bits per heavy atom. The first-order chi connectivity index (χ1) is 16.4. The Morgan fingerprint density at radius 3 is 2.74 bits per heavy atom. The molecule has 0 aliphatic rings. The summed E-state index contributed by atoms with van der Waals surface area (Å²) in [4.78, 5) is 34.1. The highest BCUT2D eigenvalue weighted by molar-refractivity contribution is 6.43. The highest BCUT2D eigenvalue weighted by Gasteiger charge is 2.25. The Hall–Kier alpha value is -3.27. The summed E-state index contributed by atoms with van der Waals surface area (Å²) in [5.41, 5.74) is 1.03. The number of halogens is 4. The molecule has 2 N–H and O–H groups in total. The molecule has 2 aromatic carbocycles. The van der Waals surface area contributed by atoms with Crippen molar-refractivity contribution in [2.75, 3.05) is 5.32 Å². The first-order valence-electron chi connectivity index (χ1n) is 10.2. The summed E-state index contributed by atoms with van der Waals surface area (Å²) < 4.78 is 15.5. The molecular weight excluding hydrogens is 504 g/mol. The van der Waals surface area contributed by atoms with Crippen molar-refractivity contribution in [2.45, 2.75) is 19.4 Å². The van der Waals surface area contributed by atoms with Crippen molar-refractivity contribution >= 4 is 62.7 Å². The molecule has 0 aliphatic heterocycles. The number of aromatic amines is 1. The first kappa shape index (κ1) is 22.5. The van der Waals surface area contributed by atoms with Crippen molar-refractivity contribution in [3.05, 3.63) is 80.0 Å². The van der Waals surface area contributed by atoms with Crippen LogP contribution in [0.4, 0.5) is 10.2 Å². The molecule has 0 bridgehead atoms. The number of imidazole rings is 1. The molecule has 0 fully saturated rings. The summed E-state index contributed by atoms with van der Waals surface area (Å²) in [5.74, 6) is 0.0408. The lowest BCUT2D eigenvalue weighted by Crippen LogP contribution is -2.29. The fraction of sp³-hybridized carbons (Fsp3) is 0.136. The maximum atomic E-state index is 14.2. The zero-order chi connectivity index (χ0) is 24.0. The second-order valence-electron chi connectivity index (χ2n) is 7.37. The highest BCUT2D eigenvalue weighted by atomic mass is 35.5. The van der Waals surface area contributed by atoms with Gasteiger partial charge in [0, 0.05) is 0 Å². The molecule has 0 radical (unpaired) electrons. The van der Waals surface area contributed by atoms with Crippen molar-refractivity contribution < 1.29 is 4.39 Å². The maximum Gasteiger partial charge on any atom is 0.267 e. The van der Waals surface area contributed by atoms with Gasteiger partial charge in [-0.2, -0.15) is 0 Å². The van der Waals surface area contributed by atoms with Crippen LogP contribution in [0.3, 0.4) is 0 Å². The normalized spacial score (nSPS) is 12.4. The molecule has 3 heterocycles. The summed E-state index contributed by atoms with van der Waals surface area (Å²) in [5, 5.41) is 3.31. The van der Waals surface area contributed by atoms with E-state index in [-0.39, 0.29) is 31.7 Å². The van der Waals surface area contributed by atoms with E-state index in [9.17, 15) is 9.18 Å². The van der Waals surface area contributed by atoms with Gasteiger partial charge in [-0.1, -0.05) is 47.8 Å². The second kappa shape index (κ2) is 8.83. The molecule has 5 aromatic rings. The topological polar surface area (TPSA) is 101 Å². The predicted molar refractivity (Wildman–Crippen MR) is 131 cm³/mol.